The summed E-state index contributed by atoms with van der Waals surface area (Å²) in [4.78, 5) is 14.7. The fourth-order valence-corrected chi connectivity index (χ4v) is 3.23. The number of hydrogen-bond donors (Lipinski definition) is 2. The van der Waals surface area contributed by atoms with Gasteiger partial charge in [0.25, 0.3) is 0 Å². The van der Waals surface area contributed by atoms with Crippen LogP contribution in [0.3, 0.4) is 0 Å². The van der Waals surface area contributed by atoms with Crippen LogP contribution in [0.15, 0.2) is 0 Å². The summed E-state index contributed by atoms with van der Waals surface area (Å²) >= 11 is 0. The first-order valence-electron chi connectivity index (χ1n) is 8.00. The molecule has 110 valence electrons. The Kier molecular flexibility index (Phi) is 6.11. The molecule has 4 nitrogen and oxygen atoms in total. The van der Waals surface area contributed by atoms with E-state index in [4.69, 9.17) is 0 Å². The van der Waals surface area contributed by atoms with E-state index in [1.807, 2.05) is 0 Å². The summed E-state index contributed by atoms with van der Waals surface area (Å²) in [5.74, 6) is 1.08. The lowest BCUT2D eigenvalue weighted by molar-refractivity contribution is -0.126. The molecule has 0 spiro atoms. The first-order valence-corrected chi connectivity index (χ1v) is 8.00. The lowest BCUT2D eigenvalue weighted by Gasteiger charge is -2.31. The van der Waals surface area contributed by atoms with E-state index in [0.717, 1.165) is 38.9 Å². The normalized spacial score (nSPS) is 28.5. The number of piperidine rings is 1. The minimum atomic E-state index is 0.179. The van der Waals surface area contributed by atoms with Gasteiger partial charge in [0.05, 0.1) is 5.92 Å². The minimum absolute atomic E-state index is 0.179. The zero-order valence-electron chi connectivity index (χ0n) is 12.3. The van der Waals surface area contributed by atoms with Crippen molar-refractivity contribution in [2.75, 3.05) is 39.3 Å². The molecule has 2 rings (SSSR count). The van der Waals surface area contributed by atoms with Gasteiger partial charge in [-0.15, -0.1) is 0 Å². The standard InChI is InChI=1S/C15H29N3O/c1-2-3-6-17-15(19)14-9-13(10-16-11-14)12-18-7-4-5-8-18/h13-14,16H,2-12H2,1H3,(H,17,19)/t13-,14+/m0/s1. The molecule has 19 heavy (non-hydrogen) atoms. The molecule has 4 heteroatoms. The van der Waals surface area contributed by atoms with Crippen LogP contribution in [-0.4, -0.2) is 50.1 Å². The largest absolute Gasteiger partial charge is 0.356 e. The number of amides is 1. The third-order valence-electron chi connectivity index (χ3n) is 4.36. The van der Waals surface area contributed by atoms with E-state index in [0.29, 0.717) is 5.92 Å². The highest BCUT2D eigenvalue weighted by Crippen LogP contribution is 2.20. The van der Waals surface area contributed by atoms with Gasteiger partial charge in [-0.1, -0.05) is 13.3 Å². The summed E-state index contributed by atoms with van der Waals surface area (Å²) in [7, 11) is 0. The Hall–Kier alpha value is -0.610. The van der Waals surface area contributed by atoms with Crippen LogP contribution in [0, 0.1) is 11.8 Å². The molecule has 0 saturated carbocycles. The second kappa shape index (κ2) is 7.85. The van der Waals surface area contributed by atoms with Crippen LogP contribution < -0.4 is 10.6 Å². The summed E-state index contributed by atoms with van der Waals surface area (Å²) < 4.78 is 0. The summed E-state index contributed by atoms with van der Waals surface area (Å²) in [6, 6.07) is 0. The van der Waals surface area contributed by atoms with Gasteiger partial charge in [0.2, 0.25) is 5.91 Å². The smallest absolute Gasteiger partial charge is 0.224 e. The first-order chi connectivity index (χ1) is 9.29. The molecular formula is C15H29N3O. The van der Waals surface area contributed by atoms with Gasteiger partial charge in [-0.3, -0.25) is 4.79 Å². The molecule has 0 aromatic heterocycles. The maximum atomic E-state index is 12.1. The van der Waals surface area contributed by atoms with Crippen LogP contribution in [0.1, 0.15) is 39.0 Å². The highest BCUT2D eigenvalue weighted by Gasteiger charge is 2.28. The molecule has 1 amide bonds. The predicted octanol–water partition coefficient (Wildman–Crippen LogP) is 1.22. The maximum Gasteiger partial charge on any atom is 0.224 e. The van der Waals surface area contributed by atoms with Crippen LogP contribution in [-0.2, 0) is 4.79 Å². The maximum absolute atomic E-state index is 12.1. The van der Waals surface area contributed by atoms with Gasteiger partial charge in [-0.05, 0) is 51.2 Å². The number of hydrogen-bond acceptors (Lipinski definition) is 3. The van der Waals surface area contributed by atoms with Crippen molar-refractivity contribution in [3.63, 3.8) is 0 Å². The number of carbonyl (C=O) groups excluding carboxylic acids is 1. The number of nitrogens with one attached hydrogen (secondary N) is 2. The SMILES string of the molecule is CCCCNC(=O)[C@H]1CNC[C@@H](CN2CCCC2)C1. The second-order valence-electron chi connectivity index (χ2n) is 6.11. The number of rotatable bonds is 6. The third kappa shape index (κ3) is 4.77. The van der Waals surface area contributed by atoms with E-state index in [1.165, 1.54) is 32.5 Å². The van der Waals surface area contributed by atoms with Crippen LogP contribution in [0.4, 0.5) is 0 Å². The van der Waals surface area contributed by atoms with Gasteiger partial charge < -0.3 is 15.5 Å². The van der Waals surface area contributed by atoms with E-state index >= 15 is 0 Å². The molecule has 2 aliphatic heterocycles. The number of carbonyl (C=O) groups is 1. The van der Waals surface area contributed by atoms with Crippen LogP contribution in [0.5, 0.6) is 0 Å². The second-order valence-corrected chi connectivity index (χ2v) is 6.11. The van der Waals surface area contributed by atoms with Crippen molar-refractivity contribution >= 4 is 5.91 Å². The lowest BCUT2D eigenvalue weighted by Crippen LogP contribution is -2.46. The van der Waals surface area contributed by atoms with Gasteiger partial charge in [-0.25, -0.2) is 0 Å². The molecule has 0 aromatic rings. The molecule has 0 bridgehead atoms. The summed E-state index contributed by atoms with van der Waals surface area (Å²) in [5, 5.41) is 6.52. The molecule has 2 aliphatic rings. The van der Waals surface area contributed by atoms with Crippen molar-refractivity contribution in [3.8, 4) is 0 Å². The Morgan fingerprint density at radius 1 is 1.32 bits per heavy atom. The number of unbranched alkanes of at least 4 members (excludes halogenated alkanes) is 1. The van der Waals surface area contributed by atoms with E-state index in [2.05, 4.69) is 22.5 Å². The Labute approximate surface area is 117 Å². The van der Waals surface area contributed by atoms with E-state index in [9.17, 15) is 4.79 Å². The average molecular weight is 267 g/mol. The molecule has 2 heterocycles. The molecule has 2 atom stereocenters. The third-order valence-corrected chi connectivity index (χ3v) is 4.36. The summed E-state index contributed by atoms with van der Waals surface area (Å²) in [5.41, 5.74) is 0. The predicted molar refractivity (Wildman–Crippen MR) is 78.1 cm³/mol. The molecule has 2 N–H and O–H groups in total. The highest BCUT2D eigenvalue weighted by molar-refractivity contribution is 5.78. The fourth-order valence-electron chi connectivity index (χ4n) is 3.23. The van der Waals surface area contributed by atoms with E-state index in [-0.39, 0.29) is 11.8 Å². The Morgan fingerprint density at radius 2 is 2.11 bits per heavy atom. The van der Waals surface area contributed by atoms with Crippen molar-refractivity contribution in [2.45, 2.75) is 39.0 Å². The molecule has 0 aromatic carbocycles. The Morgan fingerprint density at radius 3 is 2.84 bits per heavy atom. The summed E-state index contributed by atoms with van der Waals surface area (Å²) in [6.07, 6.45) is 5.98. The quantitative estimate of drug-likeness (QED) is 0.711. The molecule has 0 unspecified atom stereocenters. The van der Waals surface area contributed by atoms with Crippen LogP contribution in [0.25, 0.3) is 0 Å². The highest BCUT2D eigenvalue weighted by atomic mass is 16.1. The zero-order valence-corrected chi connectivity index (χ0v) is 12.3. The Balaban J connectivity index is 1.71. The van der Waals surface area contributed by atoms with Crippen molar-refractivity contribution in [1.29, 1.82) is 0 Å². The van der Waals surface area contributed by atoms with Crippen LogP contribution in [0.2, 0.25) is 0 Å². The molecule has 2 fully saturated rings. The number of nitrogens with zero attached hydrogens (tertiary/aromatic N) is 1. The average Bonchev–Trinajstić information content (AvgIpc) is 2.92. The van der Waals surface area contributed by atoms with Crippen LogP contribution >= 0.6 is 0 Å². The van der Waals surface area contributed by atoms with Gasteiger partial charge >= 0.3 is 0 Å². The molecular weight excluding hydrogens is 238 g/mol. The monoisotopic (exact) mass is 267 g/mol. The van der Waals surface area contributed by atoms with Gasteiger partial charge in [0.1, 0.15) is 0 Å². The van der Waals surface area contributed by atoms with Crippen molar-refractivity contribution < 1.29 is 4.79 Å². The van der Waals surface area contributed by atoms with Gasteiger partial charge in [-0.2, -0.15) is 0 Å². The summed E-state index contributed by atoms with van der Waals surface area (Å²) in [6.45, 7) is 8.60. The van der Waals surface area contributed by atoms with E-state index in [1.54, 1.807) is 0 Å². The topological polar surface area (TPSA) is 44.4 Å². The van der Waals surface area contributed by atoms with Crippen molar-refractivity contribution in [2.24, 2.45) is 11.8 Å². The van der Waals surface area contributed by atoms with Crippen molar-refractivity contribution in [3.05, 3.63) is 0 Å². The van der Waals surface area contributed by atoms with Crippen molar-refractivity contribution in [1.82, 2.24) is 15.5 Å². The zero-order chi connectivity index (χ0) is 13.5. The molecule has 0 aliphatic carbocycles. The Bertz CT molecular complexity index is 277. The molecule has 2 saturated heterocycles. The van der Waals surface area contributed by atoms with Gasteiger partial charge in [0, 0.05) is 19.6 Å². The van der Waals surface area contributed by atoms with Gasteiger partial charge in [0.15, 0.2) is 0 Å². The first kappa shape index (κ1) is 14.8. The minimum Gasteiger partial charge on any atom is -0.356 e. The lowest BCUT2D eigenvalue weighted by atomic mass is 9.89. The van der Waals surface area contributed by atoms with E-state index < -0.39 is 0 Å². The number of likely N-dealkylation sites (tertiary alicyclic amines) is 1. The fraction of sp³-hybridized carbons (Fsp3) is 0.933. The molecule has 0 radical (unpaired) electrons.